The predicted molar refractivity (Wildman–Crippen MR) is 237 cm³/mol. The van der Waals surface area contributed by atoms with Gasteiger partial charge in [-0.15, -0.1) is 22.7 Å². The lowest BCUT2D eigenvalue weighted by Gasteiger charge is -2.15. The lowest BCUT2D eigenvalue weighted by molar-refractivity contribution is 1.18. The highest BCUT2D eigenvalue weighted by atomic mass is 32.1. The maximum Gasteiger partial charge on any atom is 0.210 e. The fraction of sp³-hybridized carbons (Fsp3) is 0. The highest BCUT2D eigenvalue weighted by molar-refractivity contribution is 7.27. The van der Waals surface area contributed by atoms with Crippen molar-refractivity contribution >= 4 is 112 Å². The van der Waals surface area contributed by atoms with E-state index in [0.717, 1.165) is 50.0 Å². The molecule has 0 bridgehead atoms. The summed E-state index contributed by atoms with van der Waals surface area (Å²) in [5.74, 6) is 0. The van der Waals surface area contributed by atoms with Crippen LogP contribution in [0.5, 0.6) is 0 Å². The predicted octanol–water partition coefficient (Wildman–Crippen LogP) is 14.7. The van der Waals surface area contributed by atoms with Gasteiger partial charge < -0.3 is 9.13 Å². The van der Waals surface area contributed by atoms with Crippen LogP contribution in [0.25, 0.3) is 111 Å². The van der Waals surface area contributed by atoms with Crippen molar-refractivity contribution in [3.8, 4) is 28.6 Å². The zero-order chi connectivity index (χ0) is 37.1. The van der Waals surface area contributed by atoms with E-state index >= 15 is 0 Å². The maximum atomic E-state index is 10.7. The van der Waals surface area contributed by atoms with Gasteiger partial charge in [0.15, 0.2) is 0 Å². The van der Waals surface area contributed by atoms with E-state index in [1.54, 1.807) is 0 Å². The Labute approximate surface area is 328 Å². The molecule has 0 aliphatic rings. The molecule has 0 aliphatic carbocycles. The molecule has 0 unspecified atom stereocenters. The minimum absolute atomic E-state index is 0.556. The average Bonchev–Trinajstić information content (AvgIpc) is 4.00. The summed E-state index contributed by atoms with van der Waals surface area (Å²) in [6.45, 7) is 8.24. The number of nitrogens with zero attached hydrogens (tertiary/aromatic N) is 4. The number of hydrogen-bond donors (Lipinski definition) is 0. The first kappa shape index (κ1) is 31.2. The third kappa shape index (κ3) is 4.20. The summed E-state index contributed by atoms with van der Waals surface area (Å²) in [4.78, 5) is 4.02. The summed E-state index contributed by atoms with van der Waals surface area (Å²) in [7, 11) is 0. The molecule has 12 rings (SSSR count). The summed E-state index contributed by atoms with van der Waals surface area (Å²) in [6, 6.07) is 57.8. The van der Waals surface area contributed by atoms with Gasteiger partial charge in [-0.25, -0.2) is 4.85 Å². The van der Waals surface area contributed by atoms with Crippen molar-refractivity contribution in [3.05, 3.63) is 175 Å². The second-order valence-electron chi connectivity index (χ2n) is 14.2. The van der Waals surface area contributed by atoms with Crippen LogP contribution in [0.2, 0.25) is 0 Å². The molecule has 258 valence electrons. The molecule has 12 aromatic rings. The molecule has 0 atom stereocenters. The molecule has 4 heterocycles. The smallest absolute Gasteiger partial charge is 0.210 e. The van der Waals surface area contributed by atoms with E-state index in [2.05, 4.69) is 160 Å². The SMILES string of the molecule is [C-]#[N+]c1ccc(-c2ccc(-n3c4ccccc4c4c5sc6ccccc6c5ccc43)cc2C#N)cc1-n1c2ccccc2c2c3sc4ccccc4c3ccc21. The van der Waals surface area contributed by atoms with Crippen molar-refractivity contribution in [1.82, 2.24) is 9.13 Å². The van der Waals surface area contributed by atoms with Crippen molar-refractivity contribution in [2.75, 3.05) is 0 Å². The van der Waals surface area contributed by atoms with Crippen molar-refractivity contribution < 1.29 is 0 Å². The normalized spacial score (nSPS) is 11.9. The zero-order valence-electron chi connectivity index (χ0n) is 29.6. The van der Waals surface area contributed by atoms with Crippen LogP contribution in [0.4, 0.5) is 5.69 Å². The number of benzene rings is 8. The number of rotatable bonds is 3. The lowest BCUT2D eigenvalue weighted by atomic mass is 9.98. The number of thiophene rings is 2. The minimum Gasteiger partial charge on any atom is -0.319 e. The quantitative estimate of drug-likeness (QED) is 0.166. The van der Waals surface area contributed by atoms with Crippen LogP contribution in [0.15, 0.2) is 158 Å². The molecule has 0 spiro atoms. The van der Waals surface area contributed by atoms with E-state index in [0.29, 0.717) is 11.3 Å². The van der Waals surface area contributed by atoms with E-state index in [9.17, 15) is 5.26 Å². The number of fused-ring (bicyclic) bond motifs is 14. The summed E-state index contributed by atoms with van der Waals surface area (Å²) >= 11 is 3.66. The monoisotopic (exact) mass is 746 g/mol. The molecule has 0 radical (unpaired) electrons. The van der Waals surface area contributed by atoms with Gasteiger partial charge in [0.25, 0.3) is 0 Å². The molecule has 4 aromatic heterocycles. The number of aromatic nitrogens is 2. The van der Waals surface area contributed by atoms with E-state index in [1.165, 1.54) is 56.5 Å². The Balaban J connectivity index is 1.06. The van der Waals surface area contributed by atoms with Gasteiger partial charge >= 0.3 is 0 Å². The third-order valence-electron chi connectivity index (χ3n) is 11.4. The number of nitriles is 1. The van der Waals surface area contributed by atoms with Gasteiger partial charge in [0, 0.05) is 67.6 Å². The highest BCUT2D eigenvalue weighted by Gasteiger charge is 2.21. The number of para-hydroxylation sites is 2. The lowest BCUT2D eigenvalue weighted by Crippen LogP contribution is -1.97. The minimum atomic E-state index is 0.556. The molecular weight excluding hydrogens is 721 g/mol. The topological polar surface area (TPSA) is 38.0 Å². The third-order valence-corrected chi connectivity index (χ3v) is 13.8. The van der Waals surface area contributed by atoms with Crippen LogP contribution in [-0.4, -0.2) is 9.13 Å². The van der Waals surface area contributed by atoms with Crippen molar-refractivity contribution in [3.63, 3.8) is 0 Å². The molecule has 0 N–H and O–H groups in total. The molecule has 4 nitrogen and oxygen atoms in total. The van der Waals surface area contributed by atoms with Gasteiger partial charge in [0.2, 0.25) is 5.69 Å². The first-order valence-corrected chi connectivity index (χ1v) is 20.1. The Morgan fingerprint density at radius 1 is 0.500 bits per heavy atom. The Morgan fingerprint density at radius 2 is 1.05 bits per heavy atom. The van der Waals surface area contributed by atoms with Crippen LogP contribution >= 0.6 is 22.7 Å². The van der Waals surface area contributed by atoms with E-state index in [4.69, 9.17) is 6.57 Å². The molecule has 0 fully saturated rings. The van der Waals surface area contributed by atoms with Gasteiger partial charge in [0.1, 0.15) is 0 Å². The fourth-order valence-electron chi connectivity index (χ4n) is 8.99. The standard InChI is InChI=1S/C50H26N4S2/c1-52-39-23-18-29(27-44(39)54-41-15-7-3-13-38(41)48-43(54)25-22-36-34-11-5-9-17-46(34)56-50(36)48)32-20-19-31(26-30(32)28-51)53-40-14-6-2-12-37(40)47-42(53)24-21-35-33-10-4-8-16-45(33)55-49(35)47/h2-27H. The molecule has 8 aromatic carbocycles. The van der Waals surface area contributed by atoms with Gasteiger partial charge in [0.05, 0.1) is 46.0 Å². The molecule has 56 heavy (non-hydrogen) atoms. The summed E-state index contributed by atoms with van der Waals surface area (Å²) < 4.78 is 9.59. The van der Waals surface area contributed by atoms with Gasteiger partial charge in [-0.1, -0.05) is 103 Å². The summed E-state index contributed by atoms with van der Waals surface area (Å²) in [5, 5.41) is 20.6. The molecule has 0 saturated carbocycles. The Morgan fingerprint density at radius 3 is 1.66 bits per heavy atom. The van der Waals surface area contributed by atoms with Gasteiger partial charge in [-0.3, -0.25) is 0 Å². The fourth-order valence-corrected chi connectivity index (χ4v) is 11.5. The first-order valence-electron chi connectivity index (χ1n) is 18.4. The maximum absolute atomic E-state index is 10.7. The zero-order valence-corrected chi connectivity index (χ0v) is 31.2. The van der Waals surface area contributed by atoms with E-state index in [1.807, 2.05) is 40.9 Å². The molecule has 0 saturated heterocycles. The molecule has 6 heteroatoms. The number of hydrogen-bond acceptors (Lipinski definition) is 3. The van der Waals surface area contributed by atoms with E-state index < -0.39 is 0 Å². The van der Waals surface area contributed by atoms with Crippen LogP contribution < -0.4 is 0 Å². The molecular formula is C50H26N4S2. The highest BCUT2D eigenvalue weighted by Crippen LogP contribution is 2.46. The Hall–Kier alpha value is -7.22. The van der Waals surface area contributed by atoms with Crippen LogP contribution in [0, 0.1) is 17.9 Å². The van der Waals surface area contributed by atoms with E-state index in [-0.39, 0.29) is 0 Å². The first-order chi connectivity index (χ1) is 27.7. The Kier molecular flexibility index (Phi) is 6.48. The van der Waals surface area contributed by atoms with Gasteiger partial charge in [-0.05, 0) is 65.7 Å². The largest absolute Gasteiger partial charge is 0.319 e. The summed E-state index contributed by atoms with van der Waals surface area (Å²) in [6.07, 6.45) is 0. The van der Waals surface area contributed by atoms with Crippen molar-refractivity contribution in [1.29, 1.82) is 5.26 Å². The van der Waals surface area contributed by atoms with Crippen LogP contribution in [0.3, 0.4) is 0 Å². The van der Waals surface area contributed by atoms with Crippen LogP contribution in [0.1, 0.15) is 5.56 Å². The van der Waals surface area contributed by atoms with Crippen molar-refractivity contribution in [2.24, 2.45) is 0 Å². The van der Waals surface area contributed by atoms with Gasteiger partial charge in [-0.2, -0.15) is 5.26 Å². The molecule has 0 amide bonds. The second kappa shape index (κ2) is 11.6. The second-order valence-corrected chi connectivity index (χ2v) is 16.3. The molecule has 0 aliphatic heterocycles. The average molecular weight is 747 g/mol. The van der Waals surface area contributed by atoms with Crippen molar-refractivity contribution in [2.45, 2.75) is 0 Å². The van der Waals surface area contributed by atoms with Crippen LogP contribution in [-0.2, 0) is 0 Å². The Bertz CT molecular complexity index is 3750. The summed E-state index contributed by atoms with van der Waals surface area (Å²) in [5.41, 5.74) is 8.90.